The number of aryl methyl sites for hydroxylation is 1. The summed E-state index contributed by atoms with van der Waals surface area (Å²) in [6, 6.07) is 0. The van der Waals surface area contributed by atoms with E-state index in [4.69, 9.17) is 5.73 Å². The van der Waals surface area contributed by atoms with Crippen LogP contribution >= 0.6 is 0 Å². The molecule has 0 unspecified atom stereocenters. The molecule has 0 aliphatic rings. The van der Waals surface area contributed by atoms with Crippen LogP contribution in [0.3, 0.4) is 0 Å². The zero-order valence-electron chi connectivity index (χ0n) is 7.64. The summed E-state index contributed by atoms with van der Waals surface area (Å²) in [6.07, 6.45) is 0. The number of imidazole rings is 1. The number of aromatic amines is 1. The van der Waals surface area contributed by atoms with Gasteiger partial charge in [0, 0.05) is 7.05 Å². The van der Waals surface area contributed by atoms with Crippen molar-refractivity contribution in [2.45, 2.75) is 6.92 Å². The number of nitrogens with zero attached hydrogens (tertiary/aromatic N) is 1. The predicted octanol–water partition coefficient (Wildman–Crippen LogP) is -0.542. The molecule has 0 atom stereocenters. The molecule has 0 radical (unpaired) electrons. The Morgan fingerprint density at radius 1 is 1.69 bits per heavy atom. The van der Waals surface area contributed by atoms with Crippen molar-refractivity contribution in [3.63, 3.8) is 0 Å². The minimum atomic E-state index is -0.111. The third-order valence-corrected chi connectivity index (χ3v) is 1.55. The van der Waals surface area contributed by atoms with Crippen molar-refractivity contribution in [3.8, 4) is 0 Å². The van der Waals surface area contributed by atoms with Crippen LogP contribution in [0.5, 0.6) is 0 Å². The Kier molecular flexibility index (Phi) is 2.73. The van der Waals surface area contributed by atoms with Gasteiger partial charge < -0.3 is 21.4 Å². The van der Waals surface area contributed by atoms with Gasteiger partial charge in [0.25, 0.3) is 0 Å². The van der Waals surface area contributed by atoms with Crippen molar-refractivity contribution in [1.82, 2.24) is 15.3 Å². The highest BCUT2D eigenvalue weighted by atomic mass is 16.1. The fraction of sp³-hybridized carbons (Fsp3) is 0.429. The molecule has 6 heteroatoms. The molecule has 6 nitrogen and oxygen atoms in total. The fourth-order valence-corrected chi connectivity index (χ4v) is 0.897. The van der Waals surface area contributed by atoms with Gasteiger partial charge in [-0.3, -0.25) is 4.79 Å². The van der Waals surface area contributed by atoms with E-state index in [9.17, 15) is 4.79 Å². The third kappa shape index (κ3) is 2.36. The van der Waals surface area contributed by atoms with Gasteiger partial charge in [0.05, 0.1) is 6.54 Å². The molecule has 0 aliphatic heterocycles. The fourth-order valence-electron chi connectivity index (χ4n) is 0.897. The predicted molar refractivity (Wildman–Crippen MR) is 50.3 cm³/mol. The van der Waals surface area contributed by atoms with Crippen LogP contribution in [0.2, 0.25) is 0 Å². The highest BCUT2D eigenvalue weighted by molar-refractivity contribution is 5.80. The number of nitrogen functional groups attached to an aromatic ring is 1. The van der Waals surface area contributed by atoms with Crippen molar-refractivity contribution >= 4 is 17.5 Å². The summed E-state index contributed by atoms with van der Waals surface area (Å²) in [4.78, 5) is 17.7. The molecule has 0 aliphatic carbocycles. The minimum Gasteiger partial charge on any atom is -0.382 e. The normalized spacial score (nSPS) is 9.69. The molecule has 0 saturated carbocycles. The minimum absolute atomic E-state index is 0.111. The Hall–Kier alpha value is -1.72. The summed E-state index contributed by atoms with van der Waals surface area (Å²) >= 11 is 0. The molecule has 72 valence electrons. The van der Waals surface area contributed by atoms with E-state index in [0.29, 0.717) is 11.6 Å². The van der Waals surface area contributed by atoms with Crippen molar-refractivity contribution in [3.05, 3.63) is 5.82 Å². The molecule has 1 aromatic heterocycles. The lowest BCUT2D eigenvalue weighted by molar-refractivity contribution is -0.118. The maximum Gasteiger partial charge on any atom is 0.239 e. The zero-order chi connectivity index (χ0) is 9.84. The van der Waals surface area contributed by atoms with Crippen molar-refractivity contribution in [2.75, 3.05) is 24.6 Å². The lowest BCUT2D eigenvalue weighted by Crippen LogP contribution is -2.26. The number of likely N-dealkylation sites (N-methyl/N-ethyl adjacent to an activating group) is 1. The van der Waals surface area contributed by atoms with Crippen LogP contribution < -0.4 is 16.4 Å². The maximum atomic E-state index is 10.9. The molecule has 0 spiro atoms. The number of rotatable bonds is 3. The van der Waals surface area contributed by atoms with Gasteiger partial charge in [-0.25, -0.2) is 4.98 Å². The van der Waals surface area contributed by atoms with E-state index in [1.54, 1.807) is 14.0 Å². The SMILES string of the molecule is CNC(=O)CNc1nc(C)[nH]c1N. The molecule has 1 amide bonds. The van der Waals surface area contributed by atoms with Crippen LogP contribution in [-0.4, -0.2) is 29.5 Å². The van der Waals surface area contributed by atoms with E-state index in [1.807, 2.05) is 0 Å². The van der Waals surface area contributed by atoms with Crippen molar-refractivity contribution in [1.29, 1.82) is 0 Å². The summed E-state index contributed by atoms with van der Waals surface area (Å²) < 4.78 is 0. The van der Waals surface area contributed by atoms with E-state index in [2.05, 4.69) is 20.6 Å². The van der Waals surface area contributed by atoms with Gasteiger partial charge in [-0.2, -0.15) is 0 Å². The number of carbonyl (C=O) groups excluding carboxylic acids is 1. The molecular weight excluding hydrogens is 170 g/mol. The summed E-state index contributed by atoms with van der Waals surface area (Å²) in [5, 5.41) is 5.29. The topological polar surface area (TPSA) is 95.8 Å². The van der Waals surface area contributed by atoms with Gasteiger partial charge in [0.1, 0.15) is 11.6 Å². The second kappa shape index (κ2) is 3.79. The average molecular weight is 183 g/mol. The molecule has 1 rings (SSSR count). The monoisotopic (exact) mass is 183 g/mol. The standard InChI is InChI=1S/C7H13N5O/c1-4-11-6(8)7(12-4)10-3-5(13)9-2/h10H,3,8H2,1-2H3,(H,9,13)(H,11,12). The van der Waals surface area contributed by atoms with Crippen LogP contribution in [0.25, 0.3) is 0 Å². The summed E-state index contributed by atoms with van der Waals surface area (Å²) in [5.41, 5.74) is 5.56. The molecule has 13 heavy (non-hydrogen) atoms. The Morgan fingerprint density at radius 2 is 2.38 bits per heavy atom. The van der Waals surface area contributed by atoms with E-state index >= 15 is 0 Å². The molecule has 1 heterocycles. The lowest BCUT2D eigenvalue weighted by Gasteiger charge is -2.01. The first-order chi connectivity index (χ1) is 6.13. The highest BCUT2D eigenvalue weighted by Crippen LogP contribution is 2.12. The first-order valence-corrected chi connectivity index (χ1v) is 3.90. The number of anilines is 2. The number of carbonyl (C=O) groups is 1. The Labute approximate surface area is 75.9 Å². The molecule has 0 aromatic carbocycles. The van der Waals surface area contributed by atoms with Crippen LogP contribution in [0.4, 0.5) is 11.6 Å². The van der Waals surface area contributed by atoms with Gasteiger partial charge in [-0.05, 0) is 6.92 Å². The van der Waals surface area contributed by atoms with Crippen LogP contribution in [0.15, 0.2) is 0 Å². The lowest BCUT2D eigenvalue weighted by atomic mass is 10.5. The summed E-state index contributed by atoms with van der Waals surface area (Å²) in [6.45, 7) is 1.96. The quantitative estimate of drug-likeness (QED) is 0.506. The highest BCUT2D eigenvalue weighted by Gasteiger charge is 2.05. The van der Waals surface area contributed by atoms with Gasteiger partial charge >= 0.3 is 0 Å². The van der Waals surface area contributed by atoms with Crippen LogP contribution in [-0.2, 0) is 4.79 Å². The largest absolute Gasteiger partial charge is 0.382 e. The molecule has 1 aromatic rings. The zero-order valence-corrected chi connectivity index (χ0v) is 7.64. The molecule has 0 bridgehead atoms. The van der Waals surface area contributed by atoms with Gasteiger partial charge in [-0.1, -0.05) is 0 Å². The van der Waals surface area contributed by atoms with Crippen LogP contribution in [0.1, 0.15) is 5.82 Å². The molecular formula is C7H13N5O. The van der Waals surface area contributed by atoms with Crippen molar-refractivity contribution in [2.24, 2.45) is 0 Å². The Balaban J connectivity index is 2.54. The smallest absolute Gasteiger partial charge is 0.239 e. The Bertz CT molecular complexity index is 306. The van der Waals surface area contributed by atoms with Gasteiger partial charge in [0.2, 0.25) is 5.91 Å². The molecule has 0 saturated heterocycles. The van der Waals surface area contributed by atoms with Crippen molar-refractivity contribution < 1.29 is 4.79 Å². The van der Waals surface area contributed by atoms with E-state index in [0.717, 1.165) is 5.82 Å². The van der Waals surface area contributed by atoms with Crippen LogP contribution in [0, 0.1) is 6.92 Å². The average Bonchev–Trinajstić information content (AvgIpc) is 2.41. The number of hydrogen-bond acceptors (Lipinski definition) is 4. The Morgan fingerprint density at radius 3 is 2.85 bits per heavy atom. The molecule has 5 N–H and O–H groups in total. The second-order valence-electron chi connectivity index (χ2n) is 2.61. The number of nitrogens with two attached hydrogens (primary N) is 1. The van der Waals surface area contributed by atoms with Gasteiger partial charge in [0.15, 0.2) is 5.82 Å². The second-order valence-corrected chi connectivity index (χ2v) is 2.61. The van der Waals surface area contributed by atoms with E-state index < -0.39 is 0 Å². The number of amides is 1. The number of hydrogen-bond donors (Lipinski definition) is 4. The first-order valence-electron chi connectivity index (χ1n) is 3.90. The number of nitrogens with one attached hydrogen (secondary N) is 3. The molecule has 0 fully saturated rings. The maximum absolute atomic E-state index is 10.9. The van der Waals surface area contributed by atoms with E-state index in [-0.39, 0.29) is 12.5 Å². The number of aromatic nitrogens is 2. The summed E-state index contributed by atoms with van der Waals surface area (Å²) in [5.74, 6) is 1.57. The van der Waals surface area contributed by atoms with Gasteiger partial charge in [-0.15, -0.1) is 0 Å². The van der Waals surface area contributed by atoms with E-state index in [1.165, 1.54) is 0 Å². The summed E-state index contributed by atoms with van der Waals surface area (Å²) in [7, 11) is 1.57. The first kappa shape index (κ1) is 9.37. The number of H-pyrrole nitrogens is 1. The third-order valence-electron chi connectivity index (χ3n) is 1.55.